The molecule has 0 fully saturated rings. The zero-order valence-corrected chi connectivity index (χ0v) is 10.9. The first kappa shape index (κ1) is 12.4. The first-order valence-electron chi connectivity index (χ1n) is 5.90. The zero-order chi connectivity index (χ0) is 13.1. The monoisotopic (exact) mass is 243 g/mol. The lowest BCUT2D eigenvalue weighted by Crippen LogP contribution is -2.22. The second-order valence-electron chi connectivity index (χ2n) is 4.46. The number of carbonyl (C=O) groups excluding carboxylic acids is 1. The fourth-order valence-electron chi connectivity index (χ4n) is 1.80. The van der Waals surface area contributed by atoms with Crippen LogP contribution < -0.4 is 5.32 Å². The smallest absolute Gasteiger partial charge is 0.251 e. The number of benzene rings is 1. The fraction of sp³-hybridized carbons (Fsp3) is 0.286. The third-order valence-corrected chi connectivity index (χ3v) is 2.87. The summed E-state index contributed by atoms with van der Waals surface area (Å²) in [6, 6.07) is 7.54. The lowest BCUT2D eigenvalue weighted by Gasteiger charge is -2.04. The number of aromatic nitrogens is 2. The maximum atomic E-state index is 11.9. The Bertz CT molecular complexity index is 555. The molecule has 1 heterocycles. The van der Waals surface area contributed by atoms with Gasteiger partial charge in [-0.15, -0.1) is 0 Å². The van der Waals surface area contributed by atoms with Crippen LogP contribution in [0.5, 0.6) is 0 Å². The standard InChI is InChI=1S/C14H17N3O/c1-10-4-6-12(7-5-10)14(18)15-8-13-9-17(3)16-11(13)2/h4-7,9H,8H2,1-3H3,(H,15,18). The molecule has 0 spiro atoms. The van der Waals surface area contributed by atoms with Gasteiger partial charge in [0.2, 0.25) is 0 Å². The van der Waals surface area contributed by atoms with Crippen molar-refractivity contribution in [2.45, 2.75) is 20.4 Å². The van der Waals surface area contributed by atoms with E-state index < -0.39 is 0 Å². The van der Waals surface area contributed by atoms with E-state index in [1.807, 2.05) is 51.4 Å². The van der Waals surface area contributed by atoms with Crippen molar-refractivity contribution < 1.29 is 4.79 Å². The summed E-state index contributed by atoms with van der Waals surface area (Å²) in [5.41, 5.74) is 3.82. The maximum absolute atomic E-state index is 11.9. The molecule has 4 heteroatoms. The number of rotatable bonds is 3. The van der Waals surface area contributed by atoms with Gasteiger partial charge in [-0.3, -0.25) is 9.48 Å². The molecule has 0 aliphatic carbocycles. The van der Waals surface area contributed by atoms with Crippen molar-refractivity contribution in [1.82, 2.24) is 15.1 Å². The van der Waals surface area contributed by atoms with E-state index in [1.54, 1.807) is 4.68 Å². The van der Waals surface area contributed by atoms with Crippen LogP contribution in [0.25, 0.3) is 0 Å². The molecule has 0 radical (unpaired) electrons. The average molecular weight is 243 g/mol. The van der Waals surface area contributed by atoms with Gasteiger partial charge < -0.3 is 5.32 Å². The van der Waals surface area contributed by atoms with Gasteiger partial charge in [0.15, 0.2) is 0 Å². The predicted molar refractivity (Wildman–Crippen MR) is 70.3 cm³/mol. The molecule has 94 valence electrons. The predicted octanol–water partition coefficient (Wildman–Crippen LogP) is 1.97. The Morgan fingerprint density at radius 3 is 2.50 bits per heavy atom. The third-order valence-electron chi connectivity index (χ3n) is 2.87. The Balaban J connectivity index is 2.00. The van der Waals surface area contributed by atoms with Crippen molar-refractivity contribution in [2.75, 3.05) is 0 Å². The molecular formula is C14H17N3O. The zero-order valence-electron chi connectivity index (χ0n) is 10.9. The van der Waals surface area contributed by atoms with Crippen LogP contribution in [0.2, 0.25) is 0 Å². The summed E-state index contributed by atoms with van der Waals surface area (Å²) in [5.74, 6) is -0.0572. The van der Waals surface area contributed by atoms with Gasteiger partial charge in [0.1, 0.15) is 0 Å². The summed E-state index contributed by atoms with van der Waals surface area (Å²) in [6.45, 7) is 4.44. The molecule has 0 aliphatic heterocycles. The number of nitrogens with zero attached hydrogens (tertiary/aromatic N) is 2. The first-order chi connectivity index (χ1) is 8.56. The summed E-state index contributed by atoms with van der Waals surface area (Å²) in [6.07, 6.45) is 1.92. The van der Waals surface area contributed by atoms with Gasteiger partial charge in [0.25, 0.3) is 5.91 Å². The highest BCUT2D eigenvalue weighted by Crippen LogP contribution is 2.06. The van der Waals surface area contributed by atoms with Crippen molar-refractivity contribution in [2.24, 2.45) is 7.05 Å². The molecule has 4 nitrogen and oxygen atoms in total. The second kappa shape index (κ2) is 5.04. The number of hydrogen-bond acceptors (Lipinski definition) is 2. The van der Waals surface area contributed by atoms with Crippen molar-refractivity contribution in [3.63, 3.8) is 0 Å². The quantitative estimate of drug-likeness (QED) is 0.895. The van der Waals surface area contributed by atoms with Crippen LogP contribution in [-0.4, -0.2) is 15.7 Å². The molecule has 0 saturated carbocycles. The van der Waals surface area contributed by atoms with E-state index in [-0.39, 0.29) is 5.91 Å². The molecule has 2 aromatic rings. The maximum Gasteiger partial charge on any atom is 0.251 e. The number of hydrogen-bond donors (Lipinski definition) is 1. The van der Waals surface area contributed by atoms with E-state index in [0.717, 1.165) is 16.8 Å². The van der Waals surface area contributed by atoms with E-state index in [9.17, 15) is 4.79 Å². The van der Waals surface area contributed by atoms with Crippen LogP contribution in [0.3, 0.4) is 0 Å². The normalized spacial score (nSPS) is 10.4. The summed E-state index contributed by atoms with van der Waals surface area (Å²) < 4.78 is 1.75. The van der Waals surface area contributed by atoms with Gasteiger partial charge in [-0.2, -0.15) is 5.10 Å². The molecule has 1 aromatic carbocycles. The lowest BCUT2D eigenvalue weighted by molar-refractivity contribution is 0.0951. The minimum atomic E-state index is -0.0572. The Morgan fingerprint density at radius 2 is 1.94 bits per heavy atom. The highest BCUT2D eigenvalue weighted by atomic mass is 16.1. The van der Waals surface area contributed by atoms with Crippen LogP contribution >= 0.6 is 0 Å². The Hall–Kier alpha value is -2.10. The lowest BCUT2D eigenvalue weighted by atomic mass is 10.1. The Morgan fingerprint density at radius 1 is 1.28 bits per heavy atom. The molecule has 0 bridgehead atoms. The fourth-order valence-corrected chi connectivity index (χ4v) is 1.80. The van der Waals surface area contributed by atoms with Gasteiger partial charge in [0.05, 0.1) is 5.69 Å². The van der Waals surface area contributed by atoms with Gasteiger partial charge in [-0.05, 0) is 26.0 Å². The molecule has 2 rings (SSSR count). The molecule has 0 unspecified atom stereocenters. The van der Waals surface area contributed by atoms with Crippen LogP contribution in [-0.2, 0) is 13.6 Å². The molecule has 1 amide bonds. The molecular weight excluding hydrogens is 226 g/mol. The minimum Gasteiger partial charge on any atom is -0.348 e. The second-order valence-corrected chi connectivity index (χ2v) is 4.46. The number of amides is 1. The highest BCUT2D eigenvalue weighted by molar-refractivity contribution is 5.94. The SMILES string of the molecule is Cc1ccc(C(=O)NCc2cn(C)nc2C)cc1. The molecule has 1 N–H and O–H groups in total. The van der Waals surface area contributed by atoms with E-state index in [4.69, 9.17) is 0 Å². The number of carbonyl (C=O) groups is 1. The van der Waals surface area contributed by atoms with Gasteiger partial charge in [-0.25, -0.2) is 0 Å². The first-order valence-corrected chi connectivity index (χ1v) is 5.90. The molecule has 0 atom stereocenters. The average Bonchev–Trinajstić information content (AvgIpc) is 2.66. The minimum absolute atomic E-state index is 0.0572. The Labute approximate surface area is 107 Å². The number of aryl methyl sites for hydroxylation is 3. The van der Waals surface area contributed by atoms with Crippen LogP contribution in [0.1, 0.15) is 27.2 Å². The van der Waals surface area contributed by atoms with Crippen molar-refractivity contribution >= 4 is 5.91 Å². The van der Waals surface area contributed by atoms with E-state index >= 15 is 0 Å². The van der Waals surface area contributed by atoms with Crippen molar-refractivity contribution in [3.05, 3.63) is 52.8 Å². The molecule has 1 aromatic heterocycles. The molecule has 0 aliphatic rings. The van der Waals surface area contributed by atoms with Gasteiger partial charge in [0, 0.05) is 30.9 Å². The molecule has 0 saturated heterocycles. The van der Waals surface area contributed by atoms with E-state index in [2.05, 4.69) is 10.4 Å². The summed E-state index contributed by atoms with van der Waals surface area (Å²) in [7, 11) is 1.87. The van der Waals surface area contributed by atoms with Crippen LogP contribution in [0.4, 0.5) is 0 Å². The third kappa shape index (κ3) is 2.77. The summed E-state index contributed by atoms with van der Waals surface area (Å²) in [5, 5.41) is 7.14. The van der Waals surface area contributed by atoms with E-state index in [0.29, 0.717) is 12.1 Å². The van der Waals surface area contributed by atoms with Crippen molar-refractivity contribution in [3.8, 4) is 0 Å². The van der Waals surface area contributed by atoms with Gasteiger partial charge >= 0.3 is 0 Å². The largest absolute Gasteiger partial charge is 0.348 e. The van der Waals surface area contributed by atoms with Crippen LogP contribution in [0.15, 0.2) is 30.5 Å². The summed E-state index contributed by atoms with van der Waals surface area (Å²) in [4.78, 5) is 11.9. The molecule has 18 heavy (non-hydrogen) atoms. The topological polar surface area (TPSA) is 46.9 Å². The van der Waals surface area contributed by atoms with E-state index in [1.165, 1.54) is 0 Å². The van der Waals surface area contributed by atoms with Gasteiger partial charge in [-0.1, -0.05) is 17.7 Å². The van der Waals surface area contributed by atoms with Crippen LogP contribution in [0, 0.1) is 13.8 Å². The summed E-state index contributed by atoms with van der Waals surface area (Å²) >= 11 is 0. The highest BCUT2D eigenvalue weighted by Gasteiger charge is 2.07. The number of nitrogens with one attached hydrogen (secondary N) is 1. The van der Waals surface area contributed by atoms with Crippen molar-refractivity contribution in [1.29, 1.82) is 0 Å². The Kier molecular flexibility index (Phi) is 3.46.